The quantitative estimate of drug-likeness (QED) is 0.0122. The molecule has 0 aliphatic carbocycles. The number of morpholine rings is 1. The van der Waals surface area contributed by atoms with Crippen molar-refractivity contribution in [3.05, 3.63) is 354 Å². The zero-order valence-corrected chi connectivity index (χ0v) is 61.8. The number of aromatic amines is 4. The number of para-hydroxylation sites is 5. The number of ether oxygens (including phenoxy) is 1. The van der Waals surface area contributed by atoms with Crippen molar-refractivity contribution in [3.8, 4) is 0 Å². The monoisotopic (exact) mass is 1500 g/mol. The molecule has 1 atom stereocenters. The molecule has 15 aromatic rings. The molecule has 8 N–H and O–H groups in total. The normalized spacial score (nSPS) is 12.2. The van der Waals surface area contributed by atoms with Gasteiger partial charge in [0.05, 0.1) is 47.6 Å². The molecule has 20 heteroatoms. The van der Waals surface area contributed by atoms with E-state index in [9.17, 15) is 38.4 Å². The van der Waals surface area contributed by atoms with Crippen LogP contribution in [0.25, 0.3) is 54.5 Å². The van der Waals surface area contributed by atoms with Gasteiger partial charge in [-0.1, -0.05) is 242 Å². The lowest BCUT2D eigenvalue weighted by Crippen LogP contribution is -2.44. The van der Waals surface area contributed by atoms with Crippen molar-refractivity contribution in [1.29, 1.82) is 0 Å². The minimum absolute atomic E-state index is 0. The summed E-state index contributed by atoms with van der Waals surface area (Å²) in [5.41, 5.74) is 12.6. The van der Waals surface area contributed by atoms with Crippen LogP contribution in [0.15, 0.2) is 303 Å². The smallest absolute Gasteiger partial charge is 0.293 e. The lowest BCUT2D eigenvalue weighted by atomic mass is 9.98. The Kier molecular flexibility index (Phi) is 25.3. The van der Waals surface area contributed by atoms with E-state index in [0.717, 1.165) is 85.5 Å². The van der Waals surface area contributed by atoms with Crippen LogP contribution < -0.4 is 21.3 Å². The fraction of sp³-hybridized carbons (Fsp3) is 0.143. The van der Waals surface area contributed by atoms with Crippen LogP contribution in [0.3, 0.4) is 0 Å². The van der Waals surface area contributed by atoms with Crippen LogP contribution in [-0.4, -0.2) is 128 Å². The van der Waals surface area contributed by atoms with Gasteiger partial charge in [0.2, 0.25) is 0 Å². The third-order valence-corrected chi connectivity index (χ3v) is 20.2. The summed E-state index contributed by atoms with van der Waals surface area (Å²) in [6.07, 6.45) is 9.26. The molecule has 10 aromatic carbocycles. The lowest BCUT2D eigenvalue weighted by molar-refractivity contribution is -0.118. The number of amides is 4. The second-order valence-electron chi connectivity index (χ2n) is 26.6. The highest BCUT2D eigenvalue weighted by Crippen LogP contribution is 2.32. The third kappa shape index (κ3) is 19.2. The molecule has 564 valence electrons. The van der Waals surface area contributed by atoms with Crippen molar-refractivity contribution < 1.29 is 48.8 Å². The molecule has 5 aromatic heterocycles. The number of aromatic nitrogens is 5. The zero-order valence-electron chi connectivity index (χ0n) is 61.0. The number of fused-ring (bicyclic) bond motifs is 5. The highest BCUT2D eigenvalue weighted by atomic mass is 32.2. The molecule has 19 nitrogen and oxygen atoms in total. The Hall–Kier alpha value is -13.3. The van der Waals surface area contributed by atoms with E-state index in [4.69, 9.17) is 4.74 Å². The SMILES string of the molecule is Cc1ccc(Cn2cc(SCCNC(=O)C(=O)c3c[nH]c4ccccc34)c3ccccc32)cc1.O=C(NC(CN1CCOCC1)c1ccccc1)C(=O)c1c[nH]c2ccccc12.O=C(NC(c1ccccc1)c1ccccc1)C(=O)c1c[nH]c2ccccc12.O=C(NCCc1ccccc1)C(=O)c1c[nH]c2ccccc12.[HH].[HH].[HH].[HH]. The Morgan fingerprint density at radius 3 is 1.27 bits per heavy atom. The first-order chi connectivity index (χ1) is 54.3. The van der Waals surface area contributed by atoms with Crippen molar-refractivity contribution in [2.75, 3.05) is 51.7 Å². The summed E-state index contributed by atoms with van der Waals surface area (Å²) < 4.78 is 7.67. The van der Waals surface area contributed by atoms with E-state index in [1.54, 1.807) is 36.5 Å². The number of nitrogens with one attached hydrogen (secondary N) is 8. The molecular formula is C91H90N10O9S. The van der Waals surface area contributed by atoms with Crippen molar-refractivity contribution in [1.82, 2.24) is 50.7 Å². The summed E-state index contributed by atoms with van der Waals surface area (Å²) in [5, 5.41) is 15.5. The molecule has 1 fully saturated rings. The van der Waals surface area contributed by atoms with Crippen LogP contribution in [0.5, 0.6) is 0 Å². The Labute approximate surface area is 651 Å². The van der Waals surface area contributed by atoms with Crippen LogP contribution in [0.1, 0.15) is 92.6 Å². The number of thioether (sulfide) groups is 1. The fourth-order valence-electron chi connectivity index (χ4n) is 13.4. The molecule has 0 bridgehead atoms. The van der Waals surface area contributed by atoms with Crippen molar-refractivity contribution in [2.24, 2.45) is 0 Å². The molecule has 0 radical (unpaired) electrons. The Morgan fingerprint density at radius 2 is 0.802 bits per heavy atom. The number of Topliss-reactive ketones (excluding diaryl/α,β-unsaturated/α-hetero) is 4. The van der Waals surface area contributed by atoms with Crippen LogP contribution >= 0.6 is 11.8 Å². The average Bonchev–Trinajstić information content (AvgIpc) is 1.67. The van der Waals surface area contributed by atoms with E-state index in [1.165, 1.54) is 26.9 Å². The molecule has 16 rings (SSSR count). The summed E-state index contributed by atoms with van der Waals surface area (Å²) in [6.45, 7) is 7.39. The van der Waals surface area contributed by atoms with Gasteiger partial charge < -0.3 is 50.5 Å². The second-order valence-corrected chi connectivity index (χ2v) is 27.7. The maximum atomic E-state index is 12.8. The van der Waals surface area contributed by atoms with E-state index in [1.807, 2.05) is 224 Å². The topological polar surface area (TPSA) is 265 Å². The lowest BCUT2D eigenvalue weighted by Gasteiger charge is -2.31. The van der Waals surface area contributed by atoms with E-state index in [2.05, 4.69) is 106 Å². The first kappa shape index (κ1) is 75.9. The number of ketones is 4. The number of carbonyl (C=O) groups is 8. The highest BCUT2D eigenvalue weighted by Gasteiger charge is 2.28. The molecular weight excluding hydrogens is 1410 g/mol. The van der Waals surface area contributed by atoms with Gasteiger partial charge >= 0.3 is 0 Å². The van der Waals surface area contributed by atoms with Crippen LogP contribution in [-0.2, 0) is 36.9 Å². The third-order valence-electron chi connectivity index (χ3n) is 19.2. The number of hydrogen-bond acceptors (Lipinski definition) is 11. The van der Waals surface area contributed by atoms with Gasteiger partial charge in [0.25, 0.3) is 46.8 Å². The number of hydrogen-bond donors (Lipinski definition) is 8. The summed E-state index contributed by atoms with van der Waals surface area (Å²) >= 11 is 1.68. The number of benzene rings is 10. The van der Waals surface area contributed by atoms with Crippen molar-refractivity contribution in [3.63, 3.8) is 0 Å². The standard InChI is InChI=1S/C28H25N3O2S.C23H18N2O2.C22H23N3O3.C18H16N2O2.4H2/c1-19-10-12-20(13-11-19)17-31-18-26(22-7-3-5-9-25(22)31)34-15-14-29-28(33)27(32)23-16-30-24-8-4-2-6-21(23)24;26-22(19-15-24-20-14-8-7-13-18(19)20)23(27)25-21(16-9-3-1-4-10-16)17-11-5-2-6-12-17;26-21(18-14-23-19-9-5-4-8-17(18)19)22(27)24-20(16-6-2-1-3-7-16)15-25-10-12-28-13-11-25;21-17(15-12-20-16-9-5-4-8-14(15)16)18(22)19-11-10-13-6-2-1-3-7-13;;;;/h2-13,16,18,30H,14-15,17H2,1H3,(H,29,33);1-15,21,24H,(H,25,27);1-9,14,20,23H,10-13,15H2,(H,24,27);1-9,12,20H,10-11H2,(H,19,22);4*1H. The maximum absolute atomic E-state index is 12.8. The molecule has 4 amide bonds. The molecule has 6 heterocycles. The minimum atomic E-state index is -0.627. The van der Waals surface area contributed by atoms with Crippen LogP contribution in [0.2, 0.25) is 0 Å². The van der Waals surface area contributed by atoms with Gasteiger partial charge in [-0.3, -0.25) is 43.3 Å². The molecule has 0 saturated carbocycles. The summed E-state index contributed by atoms with van der Waals surface area (Å²) in [7, 11) is 0. The average molecular weight is 1500 g/mol. The molecule has 1 aliphatic heterocycles. The number of rotatable bonds is 24. The van der Waals surface area contributed by atoms with Crippen LogP contribution in [0.4, 0.5) is 0 Å². The van der Waals surface area contributed by atoms with E-state index in [-0.39, 0.29) is 11.7 Å². The first-order valence-electron chi connectivity index (χ1n) is 36.7. The Balaban J connectivity index is 0.000000175. The Bertz CT molecular complexity index is 5720. The molecule has 1 aliphatic rings. The predicted molar refractivity (Wildman–Crippen MR) is 446 cm³/mol. The summed E-state index contributed by atoms with van der Waals surface area (Å²) in [5.74, 6) is -3.80. The molecule has 111 heavy (non-hydrogen) atoms. The first-order valence-corrected chi connectivity index (χ1v) is 37.7. The summed E-state index contributed by atoms with van der Waals surface area (Å²) in [4.78, 5) is 116. The van der Waals surface area contributed by atoms with E-state index < -0.39 is 52.8 Å². The molecule has 1 saturated heterocycles. The summed E-state index contributed by atoms with van der Waals surface area (Å²) in [6, 6.07) is 85.0. The number of nitrogens with zero attached hydrogens (tertiary/aromatic N) is 2. The van der Waals surface area contributed by atoms with Crippen molar-refractivity contribution >= 4 is 113 Å². The van der Waals surface area contributed by atoms with Crippen molar-refractivity contribution in [2.45, 2.75) is 36.9 Å². The van der Waals surface area contributed by atoms with E-state index in [0.29, 0.717) is 67.3 Å². The van der Waals surface area contributed by atoms with Gasteiger partial charge in [0, 0.05) is 141 Å². The van der Waals surface area contributed by atoms with Gasteiger partial charge in [-0.25, -0.2) is 0 Å². The zero-order chi connectivity index (χ0) is 76.8. The van der Waals surface area contributed by atoms with Gasteiger partial charge in [0.1, 0.15) is 0 Å². The number of H-pyrrole nitrogens is 4. The molecule has 1 unspecified atom stereocenters. The fourth-order valence-corrected chi connectivity index (χ4v) is 14.3. The van der Waals surface area contributed by atoms with E-state index >= 15 is 0 Å². The van der Waals surface area contributed by atoms with Gasteiger partial charge in [-0.15, -0.1) is 11.8 Å². The Morgan fingerprint density at radius 1 is 0.414 bits per heavy atom. The van der Waals surface area contributed by atoms with Gasteiger partial charge in [-0.2, -0.15) is 0 Å². The minimum Gasteiger partial charge on any atom is -0.379 e. The highest BCUT2D eigenvalue weighted by molar-refractivity contribution is 7.99. The maximum Gasteiger partial charge on any atom is 0.293 e. The predicted octanol–water partition coefficient (Wildman–Crippen LogP) is 16.1. The van der Waals surface area contributed by atoms with Crippen LogP contribution in [0, 0.1) is 6.92 Å². The van der Waals surface area contributed by atoms with Gasteiger partial charge in [0.15, 0.2) is 0 Å². The molecule has 0 spiro atoms. The number of aryl methyl sites for hydroxylation is 1. The largest absolute Gasteiger partial charge is 0.379 e. The van der Waals surface area contributed by atoms with Gasteiger partial charge in [-0.05, 0) is 71.5 Å². The second kappa shape index (κ2) is 37.0. The number of carbonyl (C=O) groups excluding carboxylic acids is 8.